The topological polar surface area (TPSA) is 44.4 Å². The summed E-state index contributed by atoms with van der Waals surface area (Å²) in [5.74, 6) is 0.0492. The predicted octanol–water partition coefficient (Wildman–Crippen LogP) is 0.339. The van der Waals surface area contributed by atoms with Gasteiger partial charge >= 0.3 is 0 Å². The number of thiocarbonyl (C=S) groups is 1. The molecule has 2 N–H and O–H groups in total. The fourth-order valence-electron chi connectivity index (χ4n) is 0.768. The third-order valence-corrected chi connectivity index (χ3v) is 2.12. The fourth-order valence-corrected chi connectivity index (χ4v) is 0.942. The second-order valence-corrected chi connectivity index (χ2v) is 3.43. The molecule has 0 spiro atoms. The van der Waals surface area contributed by atoms with Gasteiger partial charge in [-0.3, -0.25) is 4.79 Å². The van der Waals surface area contributed by atoms with E-state index in [1.54, 1.807) is 11.9 Å². The number of amides is 1. The maximum absolute atomic E-state index is 11.3. The van der Waals surface area contributed by atoms with Gasteiger partial charge in [0.2, 0.25) is 5.91 Å². The Morgan fingerprint density at radius 1 is 1.36 bits per heavy atom. The number of nitrogens with zero attached hydrogens (tertiary/aromatic N) is 1. The van der Waals surface area contributed by atoms with Gasteiger partial charge in [-0.05, 0) is 25.6 Å². The van der Waals surface area contributed by atoms with Crippen molar-refractivity contribution in [3.8, 4) is 0 Å². The van der Waals surface area contributed by atoms with Gasteiger partial charge in [0.15, 0.2) is 5.11 Å². The van der Waals surface area contributed by atoms with Crippen molar-refractivity contribution in [1.82, 2.24) is 15.5 Å². The molecule has 0 heterocycles. The molecule has 0 aliphatic rings. The minimum absolute atomic E-state index is 0.0492. The van der Waals surface area contributed by atoms with Crippen LogP contribution in [0.3, 0.4) is 0 Å². The molecule has 82 valence electrons. The van der Waals surface area contributed by atoms with Crippen LogP contribution < -0.4 is 10.6 Å². The van der Waals surface area contributed by atoms with Gasteiger partial charge in [-0.15, -0.1) is 0 Å². The van der Waals surface area contributed by atoms with E-state index >= 15 is 0 Å². The lowest BCUT2D eigenvalue weighted by molar-refractivity contribution is -0.128. The van der Waals surface area contributed by atoms with Crippen LogP contribution in [0.25, 0.3) is 0 Å². The molecule has 5 heteroatoms. The summed E-state index contributed by atoms with van der Waals surface area (Å²) in [4.78, 5) is 13.0. The van der Waals surface area contributed by atoms with E-state index in [2.05, 4.69) is 17.6 Å². The standard InChI is InChI=1S/C9H19N3OS/c1-4-6-10-9(14)11-7-8(13)12(3)5-2/h4-7H2,1-3H3,(H2,10,11,14). The van der Waals surface area contributed by atoms with Gasteiger partial charge in [-0.2, -0.15) is 0 Å². The molecule has 0 aliphatic heterocycles. The van der Waals surface area contributed by atoms with E-state index in [0.717, 1.165) is 19.5 Å². The van der Waals surface area contributed by atoms with Crippen molar-refractivity contribution in [2.45, 2.75) is 20.3 Å². The first-order chi connectivity index (χ1) is 6.61. The second kappa shape index (κ2) is 7.55. The lowest BCUT2D eigenvalue weighted by Gasteiger charge is -2.15. The normalized spacial score (nSPS) is 9.36. The summed E-state index contributed by atoms with van der Waals surface area (Å²) < 4.78 is 0. The molecule has 4 nitrogen and oxygen atoms in total. The molecule has 14 heavy (non-hydrogen) atoms. The van der Waals surface area contributed by atoms with Crippen molar-refractivity contribution in [2.24, 2.45) is 0 Å². The van der Waals surface area contributed by atoms with Gasteiger partial charge in [0.05, 0.1) is 6.54 Å². The van der Waals surface area contributed by atoms with Crippen molar-refractivity contribution in [3.63, 3.8) is 0 Å². The highest BCUT2D eigenvalue weighted by molar-refractivity contribution is 7.80. The Balaban J connectivity index is 3.61. The van der Waals surface area contributed by atoms with Crippen LogP contribution in [0.15, 0.2) is 0 Å². The Hall–Kier alpha value is -0.840. The maximum atomic E-state index is 11.3. The van der Waals surface area contributed by atoms with E-state index in [0.29, 0.717) is 5.11 Å². The third-order valence-electron chi connectivity index (χ3n) is 1.84. The minimum Gasteiger partial charge on any atom is -0.363 e. The van der Waals surface area contributed by atoms with E-state index in [-0.39, 0.29) is 12.5 Å². The molecule has 0 bridgehead atoms. The molecule has 0 aromatic carbocycles. The van der Waals surface area contributed by atoms with Gasteiger partial charge in [-0.25, -0.2) is 0 Å². The lowest BCUT2D eigenvalue weighted by atomic mass is 10.5. The summed E-state index contributed by atoms with van der Waals surface area (Å²) in [6, 6.07) is 0. The highest BCUT2D eigenvalue weighted by Crippen LogP contribution is 1.81. The summed E-state index contributed by atoms with van der Waals surface area (Å²) in [5, 5.41) is 6.40. The molecule has 0 radical (unpaired) electrons. The SMILES string of the molecule is CCCNC(=S)NCC(=O)N(C)CC. The zero-order valence-electron chi connectivity index (χ0n) is 9.09. The van der Waals surface area contributed by atoms with Crippen LogP contribution in [0.2, 0.25) is 0 Å². The molecule has 0 aromatic heterocycles. The summed E-state index contributed by atoms with van der Waals surface area (Å²) in [5.41, 5.74) is 0. The van der Waals surface area contributed by atoms with E-state index in [1.807, 2.05) is 6.92 Å². The largest absolute Gasteiger partial charge is 0.363 e. The van der Waals surface area contributed by atoms with Crippen molar-refractivity contribution in [3.05, 3.63) is 0 Å². The Morgan fingerprint density at radius 3 is 2.50 bits per heavy atom. The maximum Gasteiger partial charge on any atom is 0.241 e. The number of hydrogen-bond donors (Lipinski definition) is 2. The molecular weight excluding hydrogens is 198 g/mol. The van der Waals surface area contributed by atoms with Gasteiger partial charge in [-0.1, -0.05) is 6.92 Å². The zero-order chi connectivity index (χ0) is 11.0. The number of nitrogens with one attached hydrogen (secondary N) is 2. The van der Waals surface area contributed by atoms with E-state index in [9.17, 15) is 4.79 Å². The summed E-state index contributed by atoms with van der Waals surface area (Å²) >= 11 is 4.97. The predicted molar refractivity (Wildman–Crippen MR) is 62.2 cm³/mol. The van der Waals surface area contributed by atoms with Crippen LogP contribution in [0, 0.1) is 0 Å². The number of carbonyl (C=O) groups is 1. The summed E-state index contributed by atoms with van der Waals surface area (Å²) in [6.07, 6.45) is 1.02. The quantitative estimate of drug-likeness (QED) is 0.652. The van der Waals surface area contributed by atoms with Crippen molar-refractivity contribution in [2.75, 3.05) is 26.7 Å². The van der Waals surface area contributed by atoms with Crippen LogP contribution in [-0.2, 0) is 4.79 Å². The summed E-state index contributed by atoms with van der Waals surface area (Å²) in [6.45, 7) is 5.82. The molecule has 0 aliphatic carbocycles. The van der Waals surface area contributed by atoms with Gasteiger partial charge in [0.25, 0.3) is 0 Å². The fraction of sp³-hybridized carbons (Fsp3) is 0.778. The first-order valence-electron chi connectivity index (χ1n) is 4.87. The van der Waals surface area contributed by atoms with E-state index in [1.165, 1.54) is 0 Å². The highest BCUT2D eigenvalue weighted by atomic mass is 32.1. The van der Waals surface area contributed by atoms with E-state index in [4.69, 9.17) is 12.2 Å². The van der Waals surface area contributed by atoms with Crippen molar-refractivity contribution >= 4 is 23.2 Å². The first kappa shape index (κ1) is 13.2. The van der Waals surface area contributed by atoms with Gasteiger partial charge in [0, 0.05) is 20.1 Å². The van der Waals surface area contributed by atoms with Crippen LogP contribution >= 0.6 is 12.2 Å². The Kier molecular flexibility index (Phi) is 7.10. The second-order valence-electron chi connectivity index (χ2n) is 3.02. The summed E-state index contributed by atoms with van der Waals surface area (Å²) in [7, 11) is 1.77. The first-order valence-corrected chi connectivity index (χ1v) is 5.28. The molecule has 0 aromatic rings. The zero-order valence-corrected chi connectivity index (χ0v) is 9.91. The monoisotopic (exact) mass is 217 g/mol. The smallest absolute Gasteiger partial charge is 0.241 e. The van der Waals surface area contributed by atoms with E-state index < -0.39 is 0 Å². The highest BCUT2D eigenvalue weighted by Gasteiger charge is 2.05. The molecule has 0 unspecified atom stereocenters. The van der Waals surface area contributed by atoms with Crippen LogP contribution in [0.5, 0.6) is 0 Å². The Morgan fingerprint density at radius 2 is 2.00 bits per heavy atom. The van der Waals surface area contributed by atoms with Crippen LogP contribution in [-0.4, -0.2) is 42.6 Å². The lowest BCUT2D eigenvalue weighted by Crippen LogP contribution is -2.42. The Labute approximate surface area is 91.0 Å². The minimum atomic E-state index is 0.0492. The van der Waals surface area contributed by atoms with Crippen molar-refractivity contribution < 1.29 is 4.79 Å². The van der Waals surface area contributed by atoms with Crippen molar-refractivity contribution in [1.29, 1.82) is 0 Å². The number of hydrogen-bond acceptors (Lipinski definition) is 2. The third kappa shape index (κ3) is 5.75. The van der Waals surface area contributed by atoms with Gasteiger partial charge in [0.1, 0.15) is 0 Å². The molecular formula is C9H19N3OS. The number of likely N-dealkylation sites (N-methyl/N-ethyl adjacent to an activating group) is 1. The Bertz CT molecular complexity index is 196. The molecule has 0 saturated carbocycles. The molecule has 0 fully saturated rings. The molecule has 0 rings (SSSR count). The number of rotatable bonds is 5. The average molecular weight is 217 g/mol. The van der Waals surface area contributed by atoms with Gasteiger partial charge < -0.3 is 15.5 Å². The van der Waals surface area contributed by atoms with Crippen LogP contribution in [0.4, 0.5) is 0 Å². The molecule has 1 amide bonds. The number of carbonyl (C=O) groups excluding carboxylic acids is 1. The molecule has 0 atom stereocenters. The molecule has 0 saturated heterocycles. The van der Waals surface area contributed by atoms with Crippen LogP contribution in [0.1, 0.15) is 20.3 Å². The average Bonchev–Trinajstić information content (AvgIpc) is 2.21.